The fraction of sp³-hybridized carbons (Fsp3) is 0.652. The van der Waals surface area contributed by atoms with E-state index in [1.807, 2.05) is 4.90 Å². The molecule has 0 N–H and O–H groups in total. The summed E-state index contributed by atoms with van der Waals surface area (Å²) in [6.45, 7) is 12.3. The average Bonchev–Trinajstić information content (AvgIpc) is 2.69. The van der Waals surface area contributed by atoms with Crippen molar-refractivity contribution in [2.24, 2.45) is 0 Å². The van der Waals surface area contributed by atoms with Crippen LogP contribution in [0.1, 0.15) is 41.5 Å². The van der Waals surface area contributed by atoms with Gasteiger partial charge in [0.05, 0.1) is 19.3 Å². The Bertz CT molecular complexity index is 684. The standard InChI is InChI=1S/C23H35NO9/c1-22(2,3)32-20(27)9-7-18(25)30-15-17(24-11-13-29-14-12-24)16-31-19(26)8-10-21(28)33-23(4,5)6/h7-10,17H,11-16H2,1-6H3/b9-7+,10-8+. The lowest BCUT2D eigenvalue weighted by atomic mass is 10.2. The number of carbonyl (C=O) groups excluding carboxylic acids is 4. The van der Waals surface area contributed by atoms with Gasteiger partial charge in [-0.2, -0.15) is 0 Å². The number of morpholine rings is 1. The Labute approximate surface area is 194 Å². The van der Waals surface area contributed by atoms with Crippen LogP contribution in [0.25, 0.3) is 0 Å². The van der Waals surface area contributed by atoms with E-state index in [2.05, 4.69) is 0 Å². The molecule has 0 atom stereocenters. The maximum Gasteiger partial charge on any atom is 0.331 e. The van der Waals surface area contributed by atoms with Crippen LogP contribution in [0.2, 0.25) is 0 Å². The second-order valence-electron chi connectivity index (χ2n) is 9.30. The molecule has 1 rings (SSSR count). The highest BCUT2D eigenvalue weighted by Crippen LogP contribution is 2.09. The van der Waals surface area contributed by atoms with Gasteiger partial charge in [-0.3, -0.25) is 4.90 Å². The smallest absolute Gasteiger partial charge is 0.331 e. The zero-order valence-electron chi connectivity index (χ0n) is 20.3. The summed E-state index contributed by atoms with van der Waals surface area (Å²) in [5.41, 5.74) is -1.34. The number of carbonyl (C=O) groups is 4. The van der Waals surface area contributed by atoms with E-state index < -0.39 is 41.1 Å². The van der Waals surface area contributed by atoms with Gasteiger partial charge in [0.15, 0.2) is 0 Å². The summed E-state index contributed by atoms with van der Waals surface area (Å²) in [6, 6.07) is -0.424. The van der Waals surface area contributed by atoms with Gasteiger partial charge in [0, 0.05) is 37.4 Å². The Hall–Kier alpha value is -2.72. The highest BCUT2D eigenvalue weighted by Gasteiger charge is 2.24. The minimum atomic E-state index is -0.727. The summed E-state index contributed by atoms with van der Waals surface area (Å²) in [7, 11) is 0. The minimum absolute atomic E-state index is 0.0689. The fourth-order valence-corrected chi connectivity index (χ4v) is 2.60. The first kappa shape index (κ1) is 28.3. The van der Waals surface area contributed by atoms with Gasteiger partial charge in [-0.15, -0.1) is 0 Å². The van der Waals surface area contributed by atoms with E-state index in [0.717, 1.165) is 24.3 Å². The molecule has 1 saturated heterocycles. The summed E-state index contributed by atoms with van der Waals surface area (Å²) < 4.78 is 26.0. The lowest BCUT2D eigenvalue weighted by Gasteiger charge is -2.33. The van der Waals surface area contributed by atoms with Crippen LogP contribution in [0, 0.1) is 0 Å². The van der Waals surface area contributed by atoms with Crippen LogP contribution in [0.4, 0.5) is 0 Å². The molecule has 0 bridgehead atoms. The van der Waals surface area contributed by atoms with Crippen LogP contribution in [0.15, 0.2) is 24.3 Å². The topological polar surface area (TPSA) is 118 Å². The van der Waals surface area contributed by atoms with Gasteiger partial charge in [-0.25, -0.2) is 19.2 Å². The van der Waals surface area contributed by atoms with E-state index in [0.29, 0.717) is 26.3 Å². The predicted octanol–water partition coefficient (Wildman–Crippen LogP) is 1.57. The van der Waals surface area contributed by atoms with Gasteiger partial charge in [-0.1, -0.05) is 0 Å². The molecule has 0 aliphatic carbocycles. The first-order chi connectivity index (χ1) is 15.2. The van der Waals surface area contributed by atoms with Gasteiger partial charge in [-0.05, 0) is 41.5 Å². The quantitative estimate of drug-likeness (QED) is 0.280. The second kappa shape index (κ2) is 13.1. The molecule has 186 valence electrons. The molecule has 1 fully saturated rings. The molecule has 0 amide bonds. The molecule has 1 aliphatic rings. The fourth-order valence-electron chi connectivity index (χ4n) is 2.60. The molecule has 0 aromatic heterocycles. The van der Waals surface area contributed by atoms with Crippen molar-refractivity contribution < 1.29 is 42.9 Å². The van der Waals surface area contributed by atoms with Crippen LogP contribution < -0.4 is 0 Å². The highest BCUT2D eigenvalue weighted by atomic mass is 16.6. The molecular weight excluding hydrogens is 434 g/mol. The molecule has 10 nitrogen and oxygen atoms in total. The molecule has 0 unspecified atom stereocenters. The van der Waals surface area contributed by atoms with E-state index in [-0.39, 0.29) is 13.2 Å². The van der Waals surface area contributed by atoms with Gasteiger partial charge < -0.3 is 23.7 Å². The van der Waals surface area contributed by atoms with Gasteiger partial charge in [0.2, 0.25) is 0 Å². The van der Waals surface area contributed by atoms with E-state index in [1.54, 1.807) is 41.5 Å². The van der Waals surface area contributed by atoms with Gasteiger partial charge in [0.25, 0.3) is 0 Å². The number of rotatable bonds is 9. The highest BCUT2D eigenvalue weighted by molar-refractivity contribution is 5.92. The SMILES string of the molecule is CC(C)(C)OC(=O)/C=C/C(=O)OCC(COC(=O)/C=C/C(=O)OC(C)(C)C)N1CCOCC1. The van der Waals surface area contributed by atoms with Crippen molar-refractivity contribution in [1.82, 2.24) is 4.90 Å². The van der Waals surface area contributed by atoms with Crippen LogP contribution >= 0.6 is 0 Å². The van der Waals surface area contributed by atoms with Gasteiger partial charge in [0.1, 0.15) is 24.4 Å². The maximum atomic E-state index is 12.0. The van der Waals surface area contributed by atoms with Crippen LogP contribution in [0.5, 0.6) is 0 Å². The van der Waals surface area contributed by atoms with E-state index in [9.17, 15) is 19.2 Å². The first-order valence-electron chi connectivity index (χ1n) is 10.7. The summed E-state index contributed by atoms with van der Waals surface area (Å²) >= 11 is 0. The van der Waals surface area contributed by atoms with Crippen molar-refractivity contribution in [3.05, 3.63) is 24.3 Å². The maximum absolute atomic E-state index is 12.0. The van der Waals surface area contributed by atoms with E-state index in [1.165, 1.54) is 0 Å². The van der Waals surface area contributed by atoms with Crippen molar-refractivity contribution >= 4 is 23.9 Å². The molecule has 0 spiro atoms. The van der Waals surface area contributed by atoms with Crippen LogP contribution in [-0.4, -0.2) is 85.5 Å². The summed E-state index contributed by atoms with van der Waals surface area (Å²) in [5, 5.41) is 0. The van der Waals surface area contributed by atoms with Crippen molar-refractivity contribution in [2.75, 3.05) is 39.5 Å². The number of ether oxygens (including phenoxy) is 5. The van der Waals surface area contributed by atoms with Crippen LogP contribution in [-0.2, 0) is 42.9 Å². The molecule has 1 aliphatic heterocycles. The zero-order chi connectivity index (χ0) is 25.1. The normalized spacial score (nSPS) is 15.6. The van der Waals surface area contributed by atoms with Gasteiger partial charge >= 0.3 is 23.9 Å². The number of hydrogen-bond donors (Lipinski definition) is 0. The third-order valence-corrected chi connectivity index (χ3v) is 3.92. The molecule has 0 aromatic rings. The Morgan fingerprint density at radius 2 is 1.09 bits per heavy atom. The Morgan fingerprint density at radius 3 is 1.45 bits per heavy atom. The van der Waals surface area contributed by atoms with Crippen molar-refractivity contribution in [1.29, 1.82) is 0 Å². The lowest BCUT2D eigenvalue weighted by Crippen LogP contribution is -2.48. The van der Waals surface area contributed by atoms with Crippen molar-refractivity contribution in [3.8, 4) is 0 Å². The monoisotopic (exact) mass is 469 g/mol. The number of esters is 4. The average molecular weight is 470 g/mol. The largest absolute Gasteiger partial charge is 0.461 e. The molecule has 0 aromatic carbocycles. The number of hydrogen-bond acceptors (Lipinski definition) is 10. The zero-order valence-corrected chi connectivity index (χ0v) is 20.3. The summed E-state index contributed by atoms with van der Waals surface area (Å²) in [4.78, 5) is 49.3. The molecule has 10 heteroatoms. The third kappa shape index (κ3) is 14.1. The lowest BCUT2D eigenvalue weighted by molar-refractivity contribution is -0.150. The molecule has 33 heavy (non-hydrogen) atoms. The molecular formula is C23H35NO9. The molecule has 1 heterocycles. The van der Waals surface area contributed by atoms with Crippen molar-refractivity contribution in [2.45, 2.75) is 58.8 Å². The summed E-state index contributed by atoms with van der Waals surface area (Å²) in [6.07, 6.45) is 3.97. The number of nitrogens with zero attached hydrogens (tertiary/aromatic N) is 1. The predicted molar refractivity (Wildman–Crippen MR) is 118 cm³/mol. The minimum Gasteiger partial charge on any atom is -0.461 e. The van der Waals surface area contributed by atoms with E-state index in [4.69, 9.17) is 23.7 Å². The van der Waals surface area contributed by atoms with Crippen LogP contribution in [0.3, 0.4) is 0 Å². The Morgan fingerprint density at radius 1 is 0.727 bits per heavy atom. The Kier molecular flexibility index (Phi) is 11.2. The summed E-state index contributed by atoms with van der Waals surface area (Å²) in [5.74, 6) is -2.77. The van der Waals surface area contributed by atoms with E-state index >= 15 is 0 Å². The third-order valence-electron chi connectivity index (χ3n) is 3.92. The Balaban J connectivity index is 2.60. The second-order valence-corrected chi connectivity index (χ2v) is 9.30. The first-order valence-corrected chi connectivity index (χ1v) is 10.7. The van der Waals surface area contributed by atoms with Crippen molar-refractivity contribution in [3.63, 3.8) is 0 Å². The molecule has 0 saturated carbocycles. The molecule has 0 radical (unpaired) electrons.